The summed E-state index contributed by atoms with van der Waals surface area (Å²) in [6.07, 6.45) is 8.64. The Morgan fingerprint density at radius 2 is 2.40 bits per heavy atom. The number of allylic oxidation sites excluding steroid dienone is 2. The van der Waals surface area contributed by atoms with Gasteiger partial charge in [-0.3, -0.25) is 0 Å². The van der Waals surface area contributed by atoms with E-state index in [-0.39, 0.29) is 6.10 Å². The highest BCUT2D eigenvalue weighted by Gasteiger charge is 2.16. The molecule has 0 aliphatic heterocycles. The summed E-state index contributed by atoms with van der Waals surface area (Å²) >= 11 is 0. The van der Waals surface area contributed by atoms with Gasteiger partial charge in [-0.25, -0.2) is 0 Å². The number of aliphatic hydroxyl groups excluding tert-OH is 1. The smallest absolute Gasteiger partial charge is 0.0568 e. The highest BCUT2D eigenvalue weighted by Crippen LogP contribution is 2.22. The lowest BCUT2D eigenvalue weighted by molar-refractivity contribution is 0.0983. The lowest BCUT2D eigenvalue weighted by Gasteiger charge is -2.22. The molecule has 1 N–H and O–H groups in total. The summed E-state index contributed by atoms with van der Waals surface area (Å²) in [5, 5.41) is 9.45. The Morgan fingerprint density at radius 1 is 1.60 bits per heavy atom. The summed E-state index contributed by atoms with van der Waals surface area (Å²) < 4.78 is 0. The minimum absolute atomic E-state index is 0.0649. The second kappa shape index (κ2) is 3.77. The first-order valence-electron chi connectivity index (χ1n) is 4.17. The summed E-state index contributed by atoms with van der Waals surface area (Å²) in [5.74, 6) is 0.537. The molecule has 0 radical (unpaired) electrons. The van der Waals surface area contributed by atoms with Gasteiger partial charge < -0.3 is 5.11 Å². The zero-order valence-corrected chi connectivity index (χ0v) is 6.59. The fraction of sp³-hybridized carbons (Fsp3) is 0.778. The average Bonchev–Trinajstić information content (AvgIpc) is 2.05. The van der Waals surface area contributed by atoms with Crippen molar-refractivity contribution in [3.63, 3.8) is 0 Å². The van der Waals surface area contributed by atoms with Crippen LogP contribution in [-0.2, 0) is 0 Å². The molecule has 0 amide bonds. The van der Waals surface area contributed by atoms with E-state index in [4.69, 9.17) is 0 Å². The molecule has 1 rings (SSSR count). The highest BCUT2D eigenvalue weighted by molar-refractivity contribution is 4.91. The molecule has 0 spiro atoms. The number of rotatable bonds is 2. The van der Waals surface area contributed by atoms with Gasteiger partial charge in [-0.2, -0.15) is 0 Å². The van der Waals surface area contributed by atoms with E-state index in [0.29, 0.717) is 5.92 Å². The largest absolute Gasteiger partial charge is 0.393 e. The second-order valence-electron chi connectivity index (χ2n) is 3.02. The molecule has 0 saturated carbocycles. The van der Waals surface area contributed by atoms with Crippen LogP contribution in [0.3, 0.4) is 0 Å². The lowest BCUT2D eigenvalue weighted by atomic mass is 9.88. The van der Waals surface area contributed by atoms with E-state index in [1.54, 1.807) is 0 Å². The van der Waals surface area contributed by atoms with E-state index in [1.807, 2.05) is 6.92 Å². The summed E-state index contributed by atoms with van der Waals surface area (Å²) in [4.78, 5) is 0. The molecular formula is C9H16O. The van der Waals surface area contributed by atoms with E-state index >= 15 is 0 Å². The Hall–Kier alpha value is -0.300. The van der Waals surface area contributed by atoms with Gasteiger partial charge in [0, 0.05) is 0 Å². The van der Waals surface area contributed by atoms with E-state index in [2.05, 4.69) is 12.2 Å². The Kier molecular flexibility index (Phi) is 2.94. The molecule has 0 aromatic heterocycles. The number of hydrogen-bond acceptors (Lipinski definition) is 1. The molecule has 1 aliphatic carbocycles. The first kappa shape index (κ1) is 7.80. The van der Waals surface area contributed by atoms with Crippen LogP contribution in [0.5, 0.6) is 0 Å². The van der Waals surface area contributed by atoms with Gasteiger partial charge in [0.25, 0.3) is 0 Å². The molecule has 1 aliphatic rings. The maximum Gasteiger partial charge on any atom is 0.0568 e. The molecule has 0 unspecified atom stereocenters. The number of aliphatic hydroxyl groups is 1. The molecule has 0 fully saturated rings. The van der Waals surface area contributed by atoms with E-state index in [9.17, 15) is 5.11 Å². The van der Waals surface area contributed by atoms with E-state index in [0.717, 1.165) is 19.3 Å². The zero-order chi connectivity index (χ0) is 7.40. The molecule has 1 nitrogen and oxygen atoms in total. The van der Waals surface area contributed by atoms with Gasteiger partial charge in [-0.15, -0.1) is 0 Å². The first-order chi connectivity index (χ1) is 4.84. The summed E-state index contributed by atoms with van der Waals surface area (Å²) in [5.41, 5.74) is 0. The second-order valence-corrected chi connectivity index (χ2v) is 3.02. The van der Waals surface area contributed by atoms with Crippen molar-refractivity contribution < 1.29 is 5.11 Å². The van der Waals surface area contributed by atoms with Crippen molar-refractivity contribution in [2.45, 2.75) is 38.7 Å². The third-order valence-corrected chi connectivity index (χ3v) is 2.27. The maximum atomic E-state index is 9.45. The Bertz CT molecular complexity index is 118. The van der Waals surface area contributed by atoms with Gasteiger partial charge in [0.05, 0.1) is 6.10 Å². The van der Waals surface area contributed by atoms with Crippen LogP contribution in [0.2, 0.25) is 0 Å². The van der Waals surface area contributed by atoms with Crippen molar-refractivity contribution in [1.82, 2.24) is 0 Å². The molecule has 2 atom stereocenters. The maximum absolute atomic E-state index is 9.45. The molecular weight excluding hydrogens is 124 g/mol. The van der Waals surface area contributed by atoms with Crippen LogP contribution in [0.25, 0.3) is 0 Å². The van der Waals surface area contributed by atoms with Gasteiger partial charge in [-0.05, 0) is 31.6 Å². The van der Waals surface area contributed by atoms with Gasteiger partial charge >= 0.3 is 0 Å². The summed E-state index contributed by atoms with van der Waals surface area (Å²) in [6, 6.07) is 0. The van der Waals surface area contributed by atoms with Crippen LogP contribution in [-0.4, -0.2) is 11.2 Å². The van der Waals surface area contributed by atoms with Crippen molar-refractivity contribution in [1.29, 1.82) is 0 Å². The van der Waals surface area contributed by atoms with E-state index in [1.165, 1.54) is 6.42 Å². The molecule has 10 heavy (non-hydrogen) atoms. The minimum Gasteiger partial charge on any atom is -0.393 e. The van der Waals surface area contributed by atoms with Crippen LogP contribution in [0, 0.1) is 5.92 Å². The van der Waals surface area contributed by atoms with Crippen molar-refractivity contribution in [2.24, 2.45) is 5.92 Å². The van der Waals surface area contributed by atoms with Gasteiger partial charge in [-0.1, -0.05) is 19.1 Å². The van der Waals surface area contributed by atoms with Crippen LogP contribution in [0.1, 0.15) is 32.6 Å². The average molecular weight is 140 g/mol. The van der Waals surface area contributed by atoms with E-state index < -0.39 is 0 Å². The van der Waals surface area contributed by atoms with Gasteiger partial charge in [0.15, 0.2) is 0 Å². The fourth-order valence-corrected chi connectivity index (χ4v) is 1.50. The van der Waals surface area contributed by atoms with Crippen molar-refractivity contribution in [2.75, 3.05) is 0 Å². The predicted octanol–water partition coefficient (Wildman–Crippen LogP) is 2.11. The zero-order valence-electron chi connectivity index (χ0n) is 6.59. The topological polar surface area (TPSA) is 20.2 Å². The van der Waals surface area contributed by atoms with Crippen LogP contribution in [0.15, 0.2) is 12.2 Å². The van der Waals surface area contributed by atoms with Crippen LogP contribution >= 0.6 is 0 Å². The normalized spacial score (nSPS) is 28.4. The molecule has 0 saturated heterocycles. The number of hydrogen-bond donors (Lipinski definition) is 1. The Morgan fingerprint density at radius 3 is 2.90 bits per heavy atom. The fourth-order valence-electron chi connectivity index (χ4n) is 1.50. The minimum atomic E-state index is -0.0649. The van der Waals surface area contributed by atoms with Crippen LogP contribution < -0.4 is 0 Å². The SMILES string of the molecule is CC[C@@H](O)[C@@H]1CC=CCC1. The summed E-state index contributed by atoms with van der Waals surface area (Å²) in [6.45, 7) is 2.04. The Labute approximate surface area is 62.8 Å². The lowest BCUT2D eigenvalue weighted by Crippen LogP contribution is -2.20. The third-order valence-electron chi connectivity index (χ3n) is 2.27. The Balaban J connectivity index is 2.33. The van der Waals surface area contributed by atoms with Crippen molar-refractivity contribution in [3.8, 4) is 0 Å². The standard InChI is InChI=1S/C9H16O/c1-2-9(10)8-6-4-3-5-7-8/h3-4,8-10H,2,5-7H2,1H3/t8-,9-/m1/s1. The van der Waals surface area contributed by atoms with Crippen molar-refractivity contribution >= 4 is 0 Å². The molecule has 0 bridgehead atoms. The predicted molar refractivity (Wildman–Crippen MR) is 42.8 cm³/mol. The highest BCUT2D eigenvalue weighted by atomic mass is 16.3. The first-order valence-corrected chi connectivity index (χ1v) is 4.17. The monoisotopic (exact) mass is 140 g/mol. The molecule has 1 heteroatoms. The molecule has 0 aromatic rings. The van der Waals surface area contributed by atoms with Gasteiger partial charge in [0.2, 0.25) is 0 Å². The molecule has 0 heterocycles. The van der Waals surface area contributed by atoms with Crippen molar-refractivity contribution in [3.05, 3.63) is 12.2 Å². The third kappa shape index (κ3) is 1.84. The van der Waals surface area contributed by atoms with Crippen LogP contribution in [0.4, 0.5) is 0 Å². The molecule has 58 valence electrons. The summed E-state index contributed by atoms with van der Waals surface area (Å²) in [7, 11) is 0. The van der Waals surface area contributed by atoms with Gasteiger partial charge in [0.1, 0.15) is 0 Å². The quantitative estimate of drug-likeness (QED) is 0.582. The molecule has 0 aromatic carbocycles.